The molecule has 1 heterocycles. The zero-order valence-corrected chi connectivity index (χ0v) is 10.1. The van der Waals surface area contributed by atoms with Crippen LogP contribution in [0.2, 0.25) is 0 Å². The molecule has 4 N–H and O–H groups in total. The standard InChI is InChI=1S/C12H15N5O/c1-2-17(7-10(13)18)11-8-5-3-4-6-9(8)15-12(14)16-11/h3-6H,2,7H2,1H3,(H2,13,18)(H2,14,15,16). The van der Waals surface area contributed by atoms with Crippen molar-refractivity contribution < 1.29 is 4.79 Å². The summed E-state index contributed by atoms with van der Waals surface area (Å²) in [5.41, 5.74) is 11.7. The van der Waals surface area contributed by atoms with Gasteiger partial charge in [0.1, 0.15) is 5.82 Å². The summed E-state index contributed by atoms with van der Waals surface area (Å²) in [6.07, 6.45) is 0. The number of carbonyl (C=O) groups excluding carboxylic acids is 1. The number of nitrogen functional groups attached to an aromatic ring is 1. The summed E-state index contributed by atoms with van der Waals surface area (Å²) in [4.78, 5) is 21.2. The number of fused-ring (bicyclic) bond motifs is 1. The number of aromatic nitrogens is 2. The Balaban J connectivity index is 2.57. The first-order valence-corrected chi connectivity index (χ1v) is 5.67. The van der Waals surface area contributed by atoms with Crippen molar-refractivity contribution in [3.05, 3.63) is 24.3 Å². The van der Waals surface area contributed by atoms with Gasteiger partial charge in [-0.25, -0.2) is 4.98 Å². The second-order valence-electron chi connectivity index (χ2n) is 3.90. The largest absolute Gasteiger partial charge is 0.368 e. The molecular weight excluding hydrogens is 230 g/mol. The van der Waals surface area contributed by atoms with Gasteiger partial charge in [-0.3, -0.25) is 4.79 Å². The second-order valence-corrected chi connectivity index (χ2v) is 3.90. The molecule has 1 aromatic carbocycles. The molecule has 0 unspecified atom stereocenters. The highest BCUT2D eigenvalue weighted by atomic mass is 16.1. The Bertz CT molecular complexity index is 584. The number of likely N-dealkylation sites (N-methyl/N-ethyl adjacent to an activating group) is 1. The molecule has 1 aromatic heterocycles. The summed E-state index contributed by atoms with van der Waals surface area (Å²) in [5, 5.41) is 0.856. The van der Waals surface area contributed by atoms with Crippen molar-refractivity contribution >= 4 is 28.6 Å². The molecule has 6 nitrogen and oxygen atoms in total. The van der Waals surface area contributed by atoms with Crippen LogP contribution in [0.15, 0.2) is 24.3 Å². The van der Waals surface area contributed by atoms with Gasteiger partial charge in [-0.05, 0) is 19.1 Å². The maximum Gasteiger partial charge on any atom is 0.236 e. The third-order valence-corrected chi connectivity index (χ3v) is 2.63. The predicted octanol–water partition coefficient (Wildman–Crippen LogP) is 0.524. The number of nitrogens with zero attached hydrogens (tertiary/aromatic N) is 3. The maximum absolute atomic E-state index is 11.1. The minimum absolute atomic E-state index is 0.108. The maximum atomic E-state index is 11.1. The summed E-state index contributed by atoms with van der Waals surface area (Å²) in [5.74, 6) is 0.420. The molecule has 0 aliphatic rings. The number of hydrogen-bond acceptors (Lipinski definition) is 5. The lowest BCUT2D eigenvalue weighted by molar-refractivity contribution is -0.116. The van der Waals surface area contributed by atoms with Gasteiger partial charge in [0, 0.05) is 11.9 Å². The van der Waals surface area contributed by atoms with E-state index in [2.05, 4.69) is 9.97 Å². The Labute approximate surface area is 105 Å². The summed E-state index contributed by atoms with van der Waals surface area (Å²) >= 11 is 0. The first-order chi connectivity index (χ1) is 8.61. The molecule has 1 amide bonds. The molecule has 2 rings (SSSR count). The van der Waals surface area contributed by atoms with E-state index in [1.54, 1.807) is 4.90 Å². The number of nitrogens with two attached hydrogens (primary N) is 2. The zero-order valence-electron chi connectivity index (χ0n) is 10.1. The molecule has 18 heavy (non-hydrogen) atoms. The fourth-order valence-electron chi connectivity index (χ4n) is 1.84. The lowest BCUT2D eigenvalue weighted by Gasteiger charge is -2.21. The van der Waals surface area contributed by atoms with E-state index in [-0.39, 0.29) is 12.5 Å². The highest BCUT2D eigenvalue weighted by Gasteiger charge is 2.13. The van der Waals surface area contributed by atoms with E-state index in [1.807, 2.05) is 31.2 Å². The Morgan fingerprint density at radius 2 is 2.06 bits per heavy atom. The van der Waals surface area contributed by atoms with E-state index < -0.39 is 5.91 Å². The number of rotatable bonds is 4. The molecule has 2 aromatic rings. The van der Waals surface area contributed by atoms with Crippen LogP contribution in [0.4, 0.5) is 11.8 Å². The van der Waals surface area contributed by atoms with Gasteiger partial charge in [-0.1, -0.05) is 12.1 Å². The molecule has 94 valence electrons. The summed E-state index contributed by atoms with van der Waals surface area (Å²) < 4.78 is 0. The highest BCUT2D eigenvalue weighted by molar-refractivity contribution is 5.92. The molecule has 0 radical (unpaired) electrons. The SMILES string of the molecule is CCN(CC(N)=O)c1nc(N)nc2ccccc12. The van der Waals surface area contributed by atoms with Gasteiger partial charge in [0.05, 0.1) is 12.1 Å². The zero-order chi connectivity index (χ0) is 13.1. The normalized spacial score (nSPS) is 10.5. The number of primary amides is 1. The number of benzene rings is 1. The van der Waals surface area contributed by atoms with Crippen LogP contribution in [-0.2, 0) is 4.79 Å². The third-order valence-electron chi connectivity index (χ3n) is 2.63. The van der Waals surface area contributed by atoms with Crippen molar-refractivity contribution in [2.24, 2.45) is 5.73 Å². The van der Waals surface area contributed by atoms with Crippen molar-refractivity contribution in [1.82, 2.24) is 9.97 Å². The molecule has 0 spiro atoms. The van der Waals surface area contributed by atoms with Crippen LogP contribution in [0.25, 0.3) is 10.9 Å². The highest BCUT2D eigenvalue weighted by Crippen LogP contribution is 2.24. The summed E-state index contributed by atoms with van der Waals surface area (Å²) in [6, 6.07) is 7.52. The Morgan fingerprint density at radius 1 is 1.33 bits per heavy atom. The van der Waals surface area contributed by atoms with E-state index in [4.69, 9.17) is 11.5 Å². The monoisotopic (exact) mass is 245 g/mol. The smallest absolute Gasteiger partial charge is 0.236 e. The molecule has 0 atom stereocenters. The number of hydrogen-bond donors (Lipinski definition) is 2. The Hall–Kier alpha value is -2.37. The quantitative estimate of drug-likeness (QED) is 0.818. The summed E-state index contributed by atoms with van der Waals surface area (Å²) in [6.45, 7) is 2.65. The molecule has 6 heteroatoms. The lowest BCUT2D eigenvalue weighted by Crippen LogP contribution is -2.34. The average Bonchev–Trinajstić information content (AvgIpc) is 2.34. The van der Waals surface area contributed by atoms with Crippen LogP contribution in [0.3, 0.4) is 0 Å². The first kappa shape index (κ1) is 12.1. The predicted molar refractivity (Wildman–Crippen MR) is 71.0 cm³/mol. The molecule has 0 saturated carbocycles. The van der Waals surface area contributed by atoms with Crippen molar-refractivity contribution in [3.8, 4) is 0 Å². The summed E-state index contributed by atoms with van der Waals surface area (Å²) in [7, 11) is 0. The van der Waals surface area contributed by atoms with Crippen molar-refractivity contribution in [2.75, 3.05) is 23.7 Å². The number of amides is 1. The number of carbonyl (C=O) groups is 1. The van der Waals surface area contributed by atoms with Gasteiger partial charge in [0.2, 0.25) is 11.9 Å². The molecule has 0 fully saturated rings. The second kappa shape index (κ2) is 4.87. The lowest BCUT2D eigenvalue weighted by atomic mass is 10.2. The van der Waals surface area contributed by atoms with E-state index in [9.17, 15) is 4.79 Å². The van der Waals surface area contributed by atoms with Crippen LogP contribution in [0.1, 0.15) is 6.92 Å². The van der Waals surface area contributed by atoms with E-state index >= 15 is 0 Å². The van der Waals surface area contributed by atoms with Crippen molar-refractivity contribution in [2.45, 2.75) is 6.92 Å². The molecule has 0 bridgehead atoms. The van der Waals surface area contributed by atoms with E-state index in [0.717, 1.165) is 10.9 Å². The molecular formula is C12H15N5O. The van der Waals surface area contributed by atoms with Crippen molar-refractivity contribution in [3.63, 3.8) is 0 Å². The third kappa shape index (κ3) is 2.32. The van der Waals surface area contributed by atoms with Crippen molar-refractivity contribution in [1.29, 1.82) is 0 Å². The fourth-order valence-corrected chi connectivity index (χ4v) is 1.84. The van der Waals surface area contributed by atoms with Gasteiger partial charge in [-0.2, -0.15) is 4.98 Å². The molecule has 0 aliphatic carbocycles. The van der Waals surface area contributed by atoms with Crippen LogP contribution in [0.5, 0.6) is 0 Å². The number of anilines is 2. The van der Waals surface area contributed by atoms with Crippen LogP contribution < -0.4 is 16.4 Å². The molecule has 0 saturated heterocycles. The number of para-hydroxylation sites is 1. The Morgan fingerprint density at radius 3 is 2.72 bits per heavy atom. The van der Waals surface area contributed by atoms with Gasteiger partial charge in [0.15, 0.2) is 0 Å². The van der Waals surface area contributed by atoms with Crippen LogP contribution >= 0.6 is 0 Å². The van der Waals surface area contributed by atoms with E-state index in [1.165, 1.54) is 0 Å². The van der Waals surface area contributed by atoms with Gasteiger partial charge in [0.25, 0.3) is 0 Å². The van der Waals surface area contributed by atoms with Gasteiger partial charge in [-0.15, -0.1) is 0 Å². The van der Waals surface area contributed by atoms with Crippen LogP contribution in [0, 0.1) is 0 Å². The van der Waals surface area contributed by atoms with Crippen LogP contribution in [-0.4, -0.2) is 29.0 Å². The average molecular weight is 245 g/mol. The Kier molecular flexibility index (Phi) is 3.27. The first-order valence-electron chi connectivity index (χ1n) is 5.67. The van der Waals surface area contributed by atoms with Gasteiger partial charge >= 0.3 is 0 Å². The molecule has 0 aliphatic heterocycles. The van der Waals surface area contributed by atoms with Gasteiger partial charge < -0.3 is 16.4 Å². The minimum atomic E-state index is -0.405. The topological polar surface area (TPSA) is 98.1 Å². The minimum Gasteiger partial charge on any atom is -0.368 e. The fraction of sp³-hybridized carbons (Fsp3) is 0.250. The van der Waals surface area contributed by atoms with E-state index in [0.29, 0.717) is 12.4 Å².